The van der Waals surface area contributed by atoms with Gasteiger partial charge in [0.05, 0.1) is 22.6 Å². The number of aryl methyl sites for hydroxylation is 2. The van der Waals surface area contributed by atoms with Crippen molar-refractivity contribution in [1.29, 1.82) is 0 Å². The summed E-state index contributed by atoms with van der Waals surface area (Å²) in [6.45, 7) is 4.11. The fourth-order valence-electron chi connectivity index (χ4n) is 2.71. The van der Waals surface area contributed by atoms with Gasteiger partial charge in [0.25, 0.3) is 0 Å². The number of anilines is 2. The summed E-state index contributed by atoms with van der Waals surface area (Å²) >= 11 is 1.58. The van der Waals surface area contributed by atoms with Gasteiger partial charge in [-0.15, -0.1) is 11.3 Å². The Morgan fingerprint density at radius 3 is 2.71 bits per heavy atom. The normalized spacial score (nSPS) is 11.5. The van der Waals surface area contributed by atoms with Crippen LogP contribution < -0.4 is 14.8 Å². The molecule has 1 amide bonds. The highest BCUT2D eigenvalue weighted by Crippen LogP contribution is 2.21. The van der Waals surface area contributed by atoms with Crippen molar-refractivity contribution >= 4 is 44.7 Å². The van der Waals surface area contributed by atoms with Crippen LogP contribution >= 0.6 is 11.3 Å². The molecule has 162 valence electrons. The van der Waals surface area contributed by atoms with Gasteiger partial charge in [-0.25, -0.2) is 13.4 Å². The lowest BCUT2D eigenvalue weighted by Gasteiger charge is -2.10. The Morgan fingerprint density at radius 1 is 1.19 bits per heavy atom. The maximum atomic E-state index is 12.3. The molecule has 1 heterocycles. The van der Waals surface area contributed by atoms with E-state index < -0.39 is 10.0 Å². The molecular formula is C22H23N3O4S2. The summed E-state index contributed by atoms with van der Waals surface area (Å²) in [7, 11) is -3.41. The molecular weight excluding hydrogens is 434 g/mol. The van der Waals surface area contributed by atoms with Crippen LogP contribution in [0.2, 0.25) is 0 Å². The molecule has 0 aliphatic carbocycles. The molecule has 0 unspecified atom stereocenters. The summed E-state index contributed by atoms with van der Waals surface area (Å²) in [5.74, 6) is 0.349. The summed E-state index contributed by atoms with van der Waals surface area (Å²) < 4.78 is 31.2. The second kappa shape index (κ2) is 9.76. The SMILES string of the molecule is Cc1nc(COc2cccc(/C=C/C(=O)Nc3ccc(C)c(NS(C)(=O)=O)c3)c2)cs1. The largest absolute Gasteiger partial charge is 0.487 e. The summed E-state index contributed by atoms with van der Waals surface area (Å²) in [4.78, 5) is 16.7. The summed E-state index contributed by atoms with van der Waals surface area (Å²) in [6.07, 6.45) is 4.17. The van der Waals surface area contributed by atoms with Crippen LogP contribution in [0.5, 0.6) is 5.75 Å². The molecule has 0 fully saturated rings. The first-order valence-electron chi connectivity index (χ1n) is 9.39. The molecule has 9 heteroatoms. The number of nitrogens with one attached hydrogen (secondary N) is 2. The number of sulfonamides is 1. The molecule has 0 bridgehead atoms. The molecule has 0 spiro atoms. The van der Waals surface area contributed by atoms with E-state index in [-0.39, 0.29) is 5.91 Å². The molecule has 0 atom stereocenters. The van der Waals surface area contributed by atoms with Crippen molar-refractivity contribution in [3.8, 4) is 5.75 Å². The molecule has 7 nitrogen and oxygen atoms in total. The van der Waals surface area contributed by atoms with E-state index >= 15 is 0 Å². The number of benzene rings is 2. The summed E-state index contributed by atoms with van der Waals surface area (Å²) in [6, 6.07) is 12.4. The number of carbonyl (C=O) groups is 1. The van der Waals surface area contributed by atoms with Crippen molar-refractivity contribution in [3.05, 3.63) is 75.7 Å². The van der Waals surface area contributed by atoms with Crippen LogP contribution in [0, 0.1) is 13.8 Å². The minimum Gasteiger partial charge on any atom is -0.487 e. The fraction of sp³-hybridized carbons (Fsp3) is 0.182. The fourth-order valence-corrected chi connectivity index (χ4v) is 3.92. The van der Waals surface area contributed by atoms with Gasteiger partial charge in [-0.2, -0.15) is 0 Å². The van der Waals surface area contributed by atoms with E-state index in [2.05, 4.69) is 15.0 Å². The first kappa shape index (κ1) is 22.5. The monoisotopic (exact) mass is 457 g/mol. The lowest BCUT2D eigenvalue weighted by atomic mass is 10.2. The molecule has 3 rings (SSSR count). The Hall–Kier alpha value is -3.17. The zero-order valence-electron chi connectivity index (χ0n) is 17.4. The van der Waals surface area contributed by atoms with Gasteiger partial charge in [-0.05, 0) is 55.3 Å². The van der Waals surface area contributed by atoms with E-state index in [4.69, 9.17) is 4.74 Å². The molecule has 0 aliphatic heterocycles. The minimum atomic E-state index is -3.41. The number of rotatable bonds is 8. The smallest absolute Gasteiger partial charge is 0.248 e. The van der Waals surface area contributed by atoms with E-state index in [1.54, 1.807) is 42.5 Å². The molecule has 2 aromatic carbocycles. The Morgan fingerprint density at radius 2 is 2.00 bits per heavy atom. The van der Waals surface area contributed by atoms with Crippen molar-refractivity contribution in [2.45, 2.75) is 20.5 Å². The molecule has 0 saturated carbocycles. The van der Waals surface area contributed by atoms with E-state index in [0.29, 0.717) is 23.7 Å². The van der Waals surface area contributed by atoms with E-state index in [9.17, 15) is 13.2 Å². The zero-order valence-corrected chi connectivity index (χ0v) is 19.0. The van der Waals surface area contributed by atoms with Crippen LogP contribution in [0.4, 0.5) is 11.4 Å². The highest BCUT2D eigenvalue weighted by molar-refractivity contribution is 7.92. The van der Waals surface area contributed by atoms with Crippen LogP contribution in [0.1, 0.15) is 21.8 Å². The molecule has 0 radical (unpaired) electrons. The van der Waals surface area contributed by atoms with Crippen molar-refractivity contribution < 1.29 is 17.9 Å². The standard InChI is InChI=1S/C22H23N3O4S2/c1-15-7-9-18(12-21(15)25-31(3,27)28)24-22(26)10-8-17-5-4-6-20(11-17)29-13-19-14-30-16(2)23-19/h4-12,14,25H,13H2,1-3H3,(H,24,26)/b10-8+. The Balaban J connectivity index is 1.61. The predicted molar refractivity (Wildman–Crippen MR) is 125 cm³/mol. The van der Waals surface area contributed by atoms with Crippen LogP contribution in [0.3, 0.4) is 0 Å². The number of thiazole rings is 1. The molecule has 0 saturated heterocycles. The third-order valence-corrected chi connectivity index (χ3v) is 5.55. The zero-order chi connectivity index (χ0) is 22.4. The van der Waals surface area contributed by atoms with Crippen molar-refractivity contribution in [2.75, 3.05) is 16.3 Å². The van der Waals surface area contributed by atoms with Crippen LogP contribution in [0.15, 0.2) is 53.9 Å². The number of nitrogens with zero attached hydrogens (tertiary/aromatic N) is 1. The lowest BCUT2D eigenvalue weighted by Crippen LogP contribution is -2.12. The Bertz CT molecular complexity index is 1220. The van der Waals surface area contributed by atoms with Crippen molar-refractivity contribution in [3.63, 3.8) is 0 Å². The van der Waals surface area contributed by atoms with Crippen LogP contribution in [-0.4, -0.2) is 25.6 Å². The van der Waals surface area contributed by atoms with Crippen LogP contribution in [-0.2, 0) is 21.4 Å². The quantitative estimate of drug-likeness (QED) is 0.490. The maximum absolute atomic E-state index is 12.3. The van der Waals surface area contributed by atoms with Crippen molar-refractivity contribution in [2.24, 2.45) is 0 Å². The number of ether oxygens (including phenoxy) is 1. The van der Waals surface area contributed by atoms with E-state index in [0.717, 1.165) is 28.1 Å². The Labute approximate surface area is 185 Å². The maximum Gasteiger partial charge on any atom is 0.248 e. The summed E-state index contributed by atoms with van der Waals surface area (Å²) in [5, 5.41) is 5.69. The second-order valence-electron chi connectivity index (χ2n) is 6.95. The number of hydrogen-bond donors (Lipinski definition) is 2. The predicted octanol–water partition coefficient (Wildman–Crippen LogP) is 4.36. The number of aromatic nitrogens is 1. The Kier molecular flexibility index (Phi) is 7.09. The molecule has 1 aromatic heterocycles. The number of carbonyl (C=O) groups excluding carboxylic acids is 1. The van der Waals surface area contributed by atoms with Gasteiger partial charge >= 0.3 is 0 Å². The topological polar surface area (TPSA) is 97.4 Å². The lowest BCUT2D eigenvalue weighted by molar-refractivity contribution is -0.111. The molecule has 2 N–H and O–H groups in total. The third kappa shape index (κ3) is 7.23. The minimum absolute atomic E-state index is 0.335. The number of amides is 1. The first-order valence-corrected chi connectivity index (χ1v) is 12.2. The molecule has 3 aromatic rings. The van der Waals surface area contributed by atoms with Gasteiger partial charge in [0.1, 0.15) is 12.4 Å². The average Bonchev–Trinajstić information content (AvgIpc) is 3.12. The molecule has 31 heavy (non-hydrogen) atoms. The van der Waals surface area contributed by atoms with E-state index in [1.807, 2.05) is 36.6 Å². The van der Waals surface area contributed by atoms with Gasteiger partial charge in [-0.3, -0.25) is 9.52 Å². The first-order chi connectivity index (χ1) is 14.7. The van der Waals surface area contributed by atoms with Gasteiger partial charge in [0, 0.05) is 17.1 Å². The summed E-state index contributed by atoms with van der Waals surface area (Å²) in [5.41, 5.74) is 3.35. The van der Waals surface area contributed by atoms with Crippen molar-refractivity contribution in [1.82, 2.24) is 4.98 Å². The van der Waals surface area contributed by atoms with E-state index in [1.165, 1.54) is 6.08 Å². The number of hydrogen-bond acceptors (Lipinski definition) is 6. The van der Waals surface area contributed by atoms with Crippen LogP contribution in [0.25, 0.3) is 6.08 Å². The molecule has 0 aliphatic rings. The second-order valence-corrected chi connectivity index (χ2v) is 9.76. The van der Waals surface area contributed by atoms with Gasteiger partial charge in [0.2, 0.25) is 15.9 Å². The van der Waals surface area contributed by atoms with Gasteiger partial charge in [-0.1, -0.05) is 18.2 Å². The van der Waals surface area contributed by atoms with Gasteiger partial charge < -0.3 is 10.1 Å². The van der Waals surface area contributed by atoms with Gasteiger partial charge in [0.15, 0.2) is 0 Å². The third-order valence-electron chi connectivity index (χ3n) is 4.14. The average molecular weight is 458 g/mol. The highest BCUT2D eigenvalue weighted by atomic mass is 32.2. The highest BCUT2D eigenvalue weighted by Gasteiger charge is 2.07.